The molecule has 0 spiro atoms. The van der Waals surface area contributed by atoms with Crippen LogP contribution in [0.3, 0.4) is 0 Å². The summed E-state index contributed by atoms with van der Waals surface area (Å²) < 4.78 is 26.5. The van der Waals surface area contributed by atoms with Gasteiger partial charge in [0.25, 0.3) is 11.8 Å². The highest BCUT2D eigenvalue weighted by molar-refractivity contribution is 6.60. The first-order valence-corrected chi connectivity index (χ1v) is 7.79. The normalized spacial score (nSPS) is 14.2. The van der Waals surface area contributed by atoms with E-state index in [9.17, 15) is 23.2 Å². The smallest absolute Gasteiger partial charge is 0.277 e. The zero-order chi connectivity index (χ0) is 19.0. The Bertz CT molecular complexity index is 971. The van der Waals surface area contributed by atoms with Crippen LogP contribution in [-0.2, 0) is 14.4 Å². The van der Waals surface area contributed by atoms with Gasteiger partial charge in [-0.05, 0) is 29.8 Å². The van der Waals surface area contributed by atoms with Crippen LogP contribution >= 0.6 is 11.6 Å². The van der Waals surface area contributed by atoms with E-state index < -0.39 is 23.4 Å². The number of rotatable bonds is 3. The molecule has 1 N–H and O–H groups in total. The van der Waals surface area contributed by atoms with Gasteiger partial charge in [-0.15, -0.1) is 0 Å². The van der Waals surface area contributed by atoms with Gasteiger partial charge in [0.05, 0.1) is 11.3 Å². The largest absolute Gasteiger partial charge is 0.326 e. The Morgan fingerprint density at radius 3 is 2.23 bits per heavy atom. The van der Waals surface area contributed by atoms with Crippen LogP contribution in [0.4, 0.5) is 20.2 Å². The second-order valence-electron chi connectivity index (χ2n) is 5.49. The standard InChI is InChI=1S/C18H11ClF2N2O3/c1-9(24)22-11-4-2-10(3-5-11)15-16(19)18(26)23(17(15)25)12-6-7-13(20)14(21)8-12/h2-8H,1H3,(H,22,24). The van der Waals surface area contributed by atoms with Gasteiger partial charge in [0.1, 0.15) is 5.03 Å². The van der Waals surface area contributed by atoms with Crippen molar-refractivity contribution in [3.05, 3.63) is 64.7 Å². The van der Waals surface area contributed by atoms with E-state index in [1.54, 1.807) is 12.1 Å². The number of amides is 3. The van der Waals surface area contributed by atoms with Gasteiger partial charge in [-0.1, -0.05) is 23.7 Å². The number of carbonyl (C=O) groups is 3. The summed E-state index contributed by atoms with van der Waals surface area (Å²) in [5.41, 5.74) is 0.678. The van der Waals surface area contributed by atoms with Gasteiger partial charge < -0.3 is 5.32 Å². The number of nitrogens with zero attached hydrogens (tertiary/aromatic N) is 1. The number of imide groups is 1. The number of hydrogen-bond donors (Lipinski definition) is 1. The molecule has 2 aromatic rings. The molecule has 0 fully saturated rings. The average molecular weight is 377 g/mol. The Kier molecular flexibility index (Phi) is 4.56. The predicted octanol–water partition coefficient (Wildman–Crippen LogP) is 3.45. The van der Waals surface area contributed by atoms with E-state index in [0.29, 0.717) is 16.2 Å². The quantitative estimate of drug-likeness (QED) is 0.834. The van der Waals surface area contributed by atoms with Crippen molar-refractivity contribution in [1.82, 2.24) is 0 Å². The molecule has 132 valence electrons. The van der Waals surface area contributed by atoms with E-state index in [-0.39, 0.29) is 22.2 Å². The maximum atomic E-state index is 13.4. The van der Waals surface area contributed by atoms with Crippen LogP contribution in [-0.4, -0.2) is 17.7 Å². The van der Waals surface area contributed by atoms with Crippen LogP contribution in [0.15, 0.2) is 47.5 Å². The number of carbonyl (C=O) groups excluding carboxylic acids is 3. The molecule has 26 heavy (non-hydrogen) atoms. The maximum absolute atomic E-state index is 13.4. The SMILES string of the molecule is CC(=O)Nc1ccc(C2=C(Cl)C(=O)N(c3ccc(F)c(F)c3)C2=O)cc1. The molecule has 1 aliphatic rings. The molecule has 8 heteroatoms. The number of anilines is 2. The van der Waals surface area contributed by atoms with E-state index in [1.165, 1.54) is 19.1 Å². The Labute approximate surface area is 151 Å². The summed E-state index contributed by atoms with van der Waals surface area (Å²) in [7, 11) is 0. The van der Waals surface area contributed by atoms with Crippen molar-refractivity contribution >= 4 is 46.3 Å². The summed E-state index contributed by atoms with van der Waals surface area (Å²) in [5, 5.41) is 2.25. The van der Waals surface area contributed by atoms with E-state index >= 15 is 0 Å². The van der Waals surface area contributed by atoms with Crippen molar-refractivity contribution in [1.29, 1.82) is 0 Å². The topological polar surface area (TPSA) is 66.5 Å². The second-order valence-corrected chi connectivity index (χ2v) is 5.87. The molecular weight excluding hydrogens is 366 g/mol. The Hall–Kier alpha value is -3.06. The molecule has 0 aromatic heterocycles. The number of halogens is 3. The Morgan fingerprint density at radius 2 is 1.65 bits per heavy atom. The molecule has 0 saturated carbocycles. The zero-order valence-electron chi connectivity index (χ0n) is 13.3. The summed E-state index contributed by atoms with van der Waals surface area (Å²) in [4.78, 5) is 36.7. The number of nitrogens with one attached hydrogen (secondary N) is 1. The minimum atomic E-state index is -1.19. The molecule has 2 aromatic carbocycles. The van der Waals surface area contributed by atoms with Gasteiger partial charge >= 0.3 is 0 Å². The fourth-order valence-corrected chi connectivity index (χ4v) is 2.81. The lowest BCUT2D eigenvalue weighted by Crippen LogP contribution is -2.31. The summed E-state index contributed by atoms with van der Waals surface area (Å²) in [6.07, 6.45) is 0. The van der Waals surface area contributed by atoms with Gasteiger partial charge in [0.15, 0.2) is 11.6 Å². The highest BCUT2D eigenvalue weighted by Crippen LogP contribution is 2.35. The van der Waals surface area contributed by atoms with E-state index in [2.05, 4.69) is 5.32 Å². The van der Waals surface area contributed by atoms with Crippen molar-refractivity contribution in [3.8, 4) is 0 Å². The first-order chi connectivity index (χ1) is 12.3. The maximum Gasteiger partial charge on any atom is 0.277 e. The third-order valence-corrected chi connectivity index (χ3v) is 4.03. The van der Waals surface area contributed by atoms with Crippen molar-refractivity contribution in [2.24, 2.45) is 0 Å². The molecule has 0 saturated heterocycles. The van der Waals surface area contributed by atoms with Crippen molar-refractivity contribution in [3.63, 3.8) is 0 Å². The predicted molar refractivity (Wildman–Crippen MR) is 92.4 cm³/mol. The Balaban J connectivity index is 1.96. The molecular formula is C18H11ClF2N2O3. The molecule has 3 amide bonds. The average Bonchev–Trinajstić information content (AvgIpc) is 2.80. The van der Waals surface area contributed by atoms with E-state index in [0.717, 1.165) is 18.2 Å². The lowest BCUT2D eigenvalue weighted by molar-refractivity contribution is -0.120. The summed E-state index contributed by atoms with van der Waals surface area (Å²) in [6.45, 7) is 1.35. The lowest BCUT2D eigenvalue weighted by atomic mass is 10.1. The van der Waals surface area contributed by atoms with Crippen molar-refractivity contribution in [2.45, 2.75) is 6.92 Å². The summed E-state index contributed by atoms with van der Waals surface area (Å²) >= 11 is 6.03. The van der Waals surface area contributed by atoms with Crippen LogP contribution in [0, 0.1) is 11.6 Å². The molecule has 0 radical (unpaired) electrons. The van der Waals surface area contributed by atoms with Gasteiger partial charge in [-0.2, -0.15) is 0 Å². The molecule has 3 rings (SSSR count). The van der Waals surface area contributed by atoms with Crippen LogP contribution in [0.25, 0.3) is 5.57 Å². The highest BCUT2D eigenvalue weighted by Gasteiger charge is 2.39. The van der Waals surface area contributed by atoms with Gasteiger partial charge in [-0.3, -0.25) is 14.4 Å². The minimum Gasteiger partial charge on any atom is -0.326 e. The Morgan fingerprint density at radius 1 is 1.00 bits per heavy atom. The fourth-order valence-electron chi connectivity index (χ4n) is 2.54. The van der Waals surface area contributed by atoms with Crippen LogP contribution in [0.1, 0.15) is 12.5 Å². The molecule has 0 aliphatic carbocycles. The molecule has 0 atom stereocenters. The molecule has 0 unspecified atom stereocenters. The molecule has 5 nitrogen and oxygen atoms in total. The van der Waals surface area contributed by atoms with Gasteiger partial charge in [0, 0.05) is 18.7 Å². The first kappa shape index (κ1) is 17.8. The number of hydrogen-bond acceptors (Lipinski definition) is 3. The summed E-state index contributed by atoms with van der Waals surface area (Å²) in [5.74, 6) is -4.12. The van der Waals surface area contributed by atoms with Crippen LogP contribution in [0.5, 0.6) is 0 Å². The van der Waals surface area contributed by atoms with E-state index in [4.69, 9.17) is 11.6 Å². The molecule has 0 bridgehead atoms. The minimum absolute atomic E-state index is 0.0595. The van der Waals surface area contributed by atoms with Crippen molar-refractivity contribution in [2.75, 3.05) is 10.2 Å². The highest BCUT2D eigenvalue weighted by atomic mass is 35.5. The third-order valence-electron chi connectivity index (χ3n) is 3.68. The summed E-state index contributed by atoms with van der Waals surface area (Å²) in [6, 6.07) is 8.81. The number of benzene rings is 2. The first-order valence-electron chi connectivity index (χ1n) is 7.41. The van der Waals surface area contributed by atoms with Crippen LogP contribution < -0.4 is 10.2 Å². The molecule has 1 aliphatic heterocycles. The third kappa shape index (κ3) is 3.09. The van der Waals surface area contributed by atoms with Crippen molar-refractivity contribution < 1.29 is 23.2 Å². The second kappa shape index (κ2) is 6.68. The molecule has 1 heterocycles. The zero-order valence-corrected chi connectivity index (χ0v) is 14.1. The van der Waals surface area contributed by atoms with Gasteiger partial charge in [0.2, 0.25) is 5.91 Å². The fraction of sp³-hybridized carbons (Fsp3) is 0.0556. The monoisotopic (exact) mass is 376 g/mol. The van der Waals surface area contributed by atoms with Gasteiger partial charge in [-0.25, -0.2) is 13.7 Å². The lowest BCUT2D eigenvalue weighted by Gasteiger charge is -2.15. The van der Waals surface area contributed by atoms with Crippen LogP contribution in [0.2, 0.25) is 0 Å². The van der Waals surface area contributed by atoms with E-state index in [1.807, 2.05) is 0 Å².